The Labute approximate surface area is 77.9 Å². The molecular formula is C8H17N3O2. The molecule has 1 rings (SSSR count). The van der Waals surface area contributed by atoms with Crippen LogP contribution in [0, 0.1) is 0 Å². The van der Waals surface area contributed by atoms with Crippen molar-refractivity contribution in [3.63, 3.8) is 0 Å². The number of ether oxygens (including phenoxy) is 1. The maximum atomic E-state index is 8.36. The smallest absolute Gasteiger partial charge is 0.140 e. The third-order valence-corrected chi connectivity index (χ3v) is 2.09. The number of oxime groups is 1. The summed E-state index contributed by atoms with van der Waals surface area (Å²) in [7, 11) is 0. The van der Waals surface area contributed by atoms with Crippen LogP contribution in [-0.4, -0.2) is 36.3 Å². The molecular weight excluding hydrogens is 170 g/mol. The van der Waals surface area contributed by atoms with Gasteiger partial charge in [0.15, 0.2) is 0 Å². The second-order valence-electron chi connectivity index (χ2n) is 3.42. The van der Waals surface area contributed by atoms with Gasteiger partial charge in [-0.15, -0.1) is 0 Å². The van der Waals surface area contributed by atoms with Crippen molar-refractivity contribution in [2.75, 3.05) is 13.2 Å². The molecule has 0 aromatic carbocycles. The molecule has 1 heterocycles. The molecule has 0 amide bonds. The van der Waals surface area contributed by atoms with Crippen LogP contribution in [0.4, 0.5) is 0 Å². The third-order valence-electron chi connectivity index (χ3n) is 2.09. The number of hydrogen-bond acceptors (Lipinski definition) is 4. The average molecular weight is 187 g/mol. The van der Waals surface area contributed by atoms with Gasteiger partial charge >= 0.3 is 0 Å². The van der Waals surface area contributed by atoms with Gasteiger partial charge in [0, 0.05) is 25.1 Å². The second kappa shape index (κ2) is 5.04. The Morgan fingerprint density at radius 1 is 1.85 bits per heavy atom. The van der Waals surface area contributed by atoms with Crippen LogP contribution in [0.1, 0.15) is 19.8 Å². The van der Waals surface area contributed by atoms with E-state index in [0.717, 1.165) is 19.6 Å². The van der Waals surface area contributed by atoms with Crippen LogP contribution < -0.4 is 11.1 Å². The Kier molecular flexibility index (Phi) is 3.98. The van der Waals surface area contributed by atoms with Crippen LogP contribution in [0.15, 0.2) is 5.16 Å². The third kappa shape index (κ3) is 3.61. The maximum absolute atomic E-state index is 8.36. The maximum Gasteiger partial charge on any atom is 0.140 e. The van der Waals surface area contributed by atoms with Crippen molar-refractivity contribution in [3.05, 3.63) is 0 Å². The minimum absolute atomic E-state index is 0.225. The molecule has 1 aliphatic rings. The molecule has 0 aromatic heterocycles. The summed E-state index contributed by atoms with van der Waals surface area (Å²) >= 11 is 0. The molecule has 0 saturated carbocycles. The van der Waals surface area contributed by atoms with Gasteiger partial charge in [-0.2, -0.15) is 0 Å². The first kappa shape index (κ1) is 10.3. The van der Waals surface area contributed by atoms with Crippen molar-refractivity contribution in [3.8, 4) is 0 Å². The zero-order chi connectivity index (χ0) is 9.68. The molecule has 4 N–H and O–H groups in total. The fourth-order valence-electron chi connectivity index (χ4n) is 1.48. The van der Waals surface area contributed by atoms with Gasteiger partial charge < -0.3 is 21.0 Å². The zero-order valence-electron chi connectivity index (χ0n) is 7.86. The highest BCUT2D eigenvalue weighted by molar-refractivity contribution is 5.80. The summed E-state index contributed by atoms with van der Waals surface area (Å²) in [6.07, 6.45) is 1.60. The lowest BCUT2D eigenvalue weighted by Crippen LogP contribution is -2.39. The van der Waals surface area contributed by atoms with Gasteiger partial charge in [0.05, 0.1) is 6.61 Å². The monoisotopic (exact) mass is 187 g/mol. The molecule has 5 nitrogen and oxygen atoms in total. The number of nitrogens with zero attached hydrogens (tertiary/aromatic N) is 1. The largest absolute Gasteiger partial charge is 0.409 e. The molecule has 1 fully saturated rings. The summed E-state index contributed by atoms with van der Waals surface area (Å²) in [5.41, 5.74) is 5.38. The number of hydrogen-bond donors (Lipinski definition) is 3. The lowest BCUT2D eigenvalue weighted by Gasteiger charge is -2.17. The van der Waals surface area contributed by atoms with Gasteiger partial charge in [-0.3, -0.25) is 0 Å². The highest BCUT2D eigenvalue weighted by Crippen LogP contribution is 2.05. The van der Waals surface area contributed by atoms with E-state index < -0.39 is 0 Å². The quantitative estimate of drug-likeness (QED) is 0.248. The number of amidine groups is 1. The van der Waals surface area contributed by atoms with Crippen LogP contribution in [0.2, 0.25) is 0 Å². The van der Waals surface area contributed by atoms with Crippen LogP contribution in [0.5, 0.6) is 0 Å². The van der Waals surface area contributed by atoms with Gasteiger partial charge in [0.2, 0.25) is 0 Å². The fourth-order valence-corrected chi connectivity index (χ4v) is 1.48. The Morgan fingerprint density at radius 2 is 2.62 bits per heavy atom. The van der Waals surface area contributed by atoms with E-state index in [0.29, 0.717) is 12.5 Å². The molecule has 0 spiro atoms. The minimum atomic E-state index is 0.225. The van der Waals surface area contributed by atoms with Crippen molar-refractivity contribution in [2.45, 2.75) is 31.8 Å². The van der Waals surface area contributed by atoms with Gasteiger partial charge in [-0.05, 0) is 13.3 Å². The fraction of sp³-hybridized carbons (Fsp3) is 0.875. The van der Waals surface area contributed by atoms with E-state index in [9.17, 15) is 0 Å². The van der Waals surface area contributed by atoms with Gasteiger partial charge in [0.1, 0.15) is 5.84 Å². The molecule has 1 saturated heterocycles. The molecule has 0 bridgehead atoms. The van der Waals surface area contributed by atoms with E-state index in [1.54, 1.807) is 0 Å². The van der Waals surface area contributed by atoms with Crippen molar-refractivity contribution in [1.82, 2.24) is 5.32 Å². The highest BCUT2D eigenvalue weighted by atomic mass is 16.5. The topological polar surface area (TPSA) is 79.9 Å². The van der Waals surface area contributed by atoms with Gasteiger partial charge in [0.25, 0.3) is 0 Å². The molecule has 0 aromatic rings. The van der Waals surface area contributed by atoms with E-state index in [-0.39, 0.29) is 11.9 Å². The molecule has 5 heteroatoms. The molecule has 76 valence electrons. The van der Waals surface area contributed by atoms with Crippen molar-refractivity contribution in [1.29, 1.82) is 0 Å². The van der Waals surface area contributed by atoms with E-state index in [4.69, 9.17) is 15.7 Å². The summed E-state index contributed by atoms with van der Waals surface area (Å²) in [4.78, 5) is 0. The van der Waals surface area contributed by atoms with Crippen molar-refractivity contribution in [2.24, 2.45) is 10.9 Å². The van der Waals surface area contributed by atoms with Crippen LogP contribution in [0.3, 0.4) is 0 Å². The molecule has 2 atom stereocenters. The average Bonchev–Trinajstić information content (AvgIpc) is 2.56. The zero-order valence-corrected chi connectivity index (χ0v) is 7.86. The Bertz CT molecular complexity index is 178. The summed E-state index contributed by atoms with van der Waals surface area (Å²) in [5, 5.41) is 14.6. The Balaban J connectivity index is 2.20. The number of nitrogens with two attached hydrogens (primary N) is 1. The highest BCUT2D eigenvalue weighted by Gasteiger charge is 2.17. The minimum Gasteiger partial charge on any atom is -0.409 e. The standard InChI is InChI=1S/C8H17N3O2/c1-6(4-8(9)11-12)10-7-2-3-13-5-7/h6-7,10,12H,2-5H2,1H3,(H2,9,11). The Hall–Kier alpha value is -0.810. The van der Waals surface area contributed by atoms with E-state index >= 15 is 0 Å². The van der Waals surface area contributed by atoms with E-state index in [1.807, 2.05) is 6.92 Å². The molecule has 1 aliphatic heterocycles. The summed E-state index contributed by atoms with van der Waals surface area (Å²) in [5.74, 6) is 0.263. The normalized spacial score (nSPS) is 26.2. The van der Waals surface area contributed by atoms with Gasteiger partial charge in [-0.25, -0.2) is 0 Å². The number of nitrogens with one attached hydrogen (secondary N) is 1. The molecule has 13 heavy (non-hydrogen) atoms. The molecule has 0 aliphatic carbocycles. The SMILES string of the molecule is CC(CC(N)=NO)NC1CCOC1. The predicted molar refractivity (Wildman–Crippen MR) is 49.8 cm³/mol. The summed E-state index contributed by atoms with van der Waals surface area (Å²) < 4.78 is 5.22. The van der Waals surface area contributed by atoms with Gasteiger partial charge in [-0.1, -0.05) is 5.16 Å². The Morgan fingerprint density at radius 3 is 3.15 bits per heavy atom. The summed E-state index contributed by atoms with van der Waals surface area (Å²) in [6, 6.07) is 0.643. The lowest BCUT2D eigenvalue weighted by atomic mass is 10.2. The molecule has 0 radical (unpaired) electrons. The van der Waals surface area contributed by atoms with Crippen molar-refractivity contribution < 1.29 is 9.94 Å². The lowest BCUT2D eigenvalue weighted by molar-refractivity contribution is 0.188. The first-order chi connectivity index (χ1) is 6.22. The van der Waals surface area contributed by atoms with Crippen LogP contribution in [-0.2, 0) is 4.74 Å². The first-order valence-electron chi connectivity index (χ1n) is 4.52. The second-order valence-corrected chi connectivity index (χ2v) is 3.42. The first-order valence-corrected chi connectivity index (χ1v) is 4.52. The predicted octanol–water partition coefficient (Wildman–Crippen LogP) is -0.110. The number of rotatable bonds is 4. The van der Waals surface area contributed by atoms with Crippen LogP contribution >= 0.6 is 0 Å². The molecule has 2 unspecified atom stereocenters. The van der Waals surface area contributed by atoms with Crippen molar-refractivity contribution >= 4 is 5.84 Å². The van der Waals surface area contributed by atoms with E-state index in [2.05, 4.69) is 10.5 Å². The van der Waals surface area contributed by atoms with Crippen LogP contribution in [0.25, 0.3) is 0 Å². The summed E-state index contributed by atoms with van der Waals surface area (Å²) in [6.45, 7) is 3.60. The van der Waals surface area contributed by atoms with E-state index in [1.165, 1.54) is 0 Å².